The number of rotatable bonds is 5. The summed E-state index contributed by atoms with van der Waals surface area (Å²) in [5.74, 6) is 2.25. The minimum absolute atomic E-state index is 0.417. The summed E-state index contributed by atoms with van der Waals surface area (Å²) in [4.78, 5) is 7.32. The second-order valence-corrected chi connectivity index (χ2v) is 7.46. The number of pyridine rings is 1. The molecule has 0 aromatic carbocycles. The Bertz CT molecular complexity index is 638. The molecule has 1 aliphatic heterocycles. The van der Waals surface area contributed by atoms with E-state index in [2.05, 4.69) is 50.0 Å². The van der Waals surface area contributed by atoms with Crippen LogP contribution in [0.25, 0.3) is 5.65 Å². The molecule has 0 amide bonds. The Balaban J connectivity index is 1.69. The van der Waals surface area contributed by atoms with Gasteiger partial charge in [-0.2, -0.15) is 5.10 Å². The van der Waals surface area contributed by atoms with Crippen molar-refractivity contribution < 1.29 is 0 Å². The van der Waals surface area contributed by atoms with E-state index in [0.29, 0.717) is 12.0 Å². The lowest BCUT2D eigenvalue weighted by Gasteiger charge is -2.31. The van der Waals surface area contributed by atoms with E-state index in [-0.39, 0.29) is 0 Å². The quantitative estimate of drug-likeness (QED) is 0.918. The van der Waals surface area contributed by atoms with Crippen LogP contribution in [0.5, 0.6) is 0 Å². The van der Waals surface area contributed by atoms with Crippen molar-refractivity contribution >= 4 is 11.3 Å². The van der Waals surface area contributed by atoms with Crippen LogP contribution in [0.4, 0.5) is 5.69 Å². The Hall–Kier alpha value is -1.62. The van der Waals surface area contributed by atoms with Crippen LogP contribution in [0.3, 0.4) is 0 Å². The van der Waals surface area contributed by atoms with Crippen LogP contribution in [0.1, 0.15) is 52.3 Å². The van der Waals surface area contributed by atoms with Crippen molar-refractivity contribution in [2.24, 2.45) is 5.92 Å². The second kappa shape index (κ2) is 6.87. The van der Waals surface area contributed by atoms with Crippen molar-refractivity contribution in [1.29, 1.82) is 0 Å². The van der Waals surface area contributed by atoms with Crippen LogP contribution in [-0.2, 0) is 0 Å². The van der Waals surface area contributed by atoms with E-state index >= 15 is 0 Å². The highest BCUT2D eigenvalue weighted by Crippen LogP contribution is 2.26. The molecular weight excluding hydrogens is 286 g/mol. The summed E-state index contributed by atoms with van der Waals surface area (Å²) in [6, 6.07) is 4.55. The van der Waals surface area contributed by atoms with Crippen LogP contribution in [0.2, 0.25) is 0 Å². The van der Waals surface area contributed by atoms with E-state index in [4.69, 9.17) is 10.1 Å². The summed E-state index contributed by atoms with van der Waals surface area (Å²) in [6.45, 7) is 12.4. The number of hydrogen-bond acceptors (Lipinski definition) is 4. The number of fused-ring (bicyclic) bond motifs is 1. The Morgan fingerprint density at radius 3 is 2.57 bits per heavy atom. The van der Waals surface area contributed by atoms with Gasteiger partial charge in [-0.25, -0.2) is 9.50 Å². The fraction of sp³-hybridized carbons (Fsp3) is 0.667. The van der Waals surface area contributed by atoms with Gasteiger partial charge in [0.05, 0.1) is 11.9 Å². The highest BCUT2D eigenvalue weighted by atomic mass is 15.3. The first-order valence-electron chi connectivity index (χ1n) is 8.86. The van der Waals surface area contributed by atoms with Crippen LogP contribution >= 0.6 is 0 Å². The van der Waals surface area contributed by atoms with Crippen LogP contribution in [-0.4, -0.2) is 45.2 Å². The predicted molar refractivity (Wildman–Crippen MR) is 95.0 cm³/mol. The molecule has 5 nitrogen and oxygen atoms in total. The Labute approximate surface area is 139 Å². The number of aromatic nitrogens is 3. The fourth-order valence-electron chi connectivity index (χ4n) is 3.38. The molecule has 0 aliphatic carbocycles. The highest BCUT2D eigenvalue weighted by Gasteiger charge is 2.24. The summed E-state index contributed by atoms with van der Waals surface area (Å²) < 4.78 is 1.92. The molecule has 2 aromatic heterocycles. The number of piperidine rings is 1. The lowest BCUT2D eigenvalue weighted by Crippen LogP contribution is -2.35. The summed E-state index contributed by atoms with van der Waals surface area (Å²) in [5, 5.41) is 8.15. The maximum absolute atomic E-state index is 4.75. The van der Waals surface area contributed by atoms with Gasteiger partial charge in [-0.3, -0.25) is 0 Å². The minimum Gasteiger partial charge on any atom is -0.382 e. The molecule has 1 saturated heterocycles. The molecule has 0 atom stereocenters. The predicted octanol–water partition coefficient (Wildman–Crippen LogP) is 3.39. The molecule has 0 saturated carbocycles. The molecular formula is C18H29N5. The average molecular weight is 315 g/mol. The van der Waals surface area contributed by atoms with Gasteiger partial charge in [-0.05, 0) is 57.8 Å². The third-order valence-corrected chi connectivity index (χ3v) is 4.38. The van der Waals surface area contributed by atoms with Gasteiger partial charge >= 0.3 is 0 Å². The van der Waals surface area contributed by atoms with Crippen LogP contribution in [0.15, 0.2) is 18.3 Å². The SMILES string of the molecule is CC(C)CN1CCC(c2nc3ccc(NC(C)C)cn3n2)CC1. The molecule has 3 rings (SSSR count). The fourth-order valence-corrected chi connectivity index (χ4v) is 3.38. The zero-order valence-electron chi connectivity index (χ0n) is 14.8. The molecule has 0 bridgehead atoms. The summed E-state index contributed by atoms with van der Waals surface area (Å²) in [7, 11) is 0. The third kappa shape index (κ3) is 4.02. The van der Waals surface area contributed by atoms with E-state index in [1.54, 1.807) is 0 Å². The van der Waals surface area contributed by atoms with E-state index in [0.717, 1.165) is 23.1 Å². The zero-order chi connectivity index (χ0) is 16.4. The van der Waals surface area contributed by atoms with Crippen LogP contribution in [0, 0.1) is 5.92 Å². The molecule has 1 fully saturated rings. The number of nitrogens with one attached hydrogen (secondary N) is 1. The van der Waals surface area contributed by atoms with Gasteiger partial charge in [0.25, 0.3) is 0 Å². The number of hydrogen-bond donors (Lipinski definition) is 1. The van der Waals surface area contributed by atoms with Crippen LogP contribution < -0.4 is 5.32 Å². The molecule has 2 aromatic rings. The lowest BCUT2D eigenvalue weighted by molar-refractivity contribution is 0.189. The normalized spacial score (nSPS) is 17.5. The van der Waals surface area contributed by atoms with Crippen molar-refractivity contribution in [1.82, 2.24) is 19.5 Å². The monoisotopic (exact) mass is 315 g/mol. The Kier molecular flexibility index (Phi) is 4.85. The standard InChI is InChI=1S/C18H29N5/c1-13(2)11-22-9-7-15(8-10-22)18-20-17-6-5-16(19-14(3)4)12-23(17)21-18/h5-6,12-15,19H,7-11H2,1-4H3. The first-order chi connectivity index (χ1) is 11.0. The van der Waals surface area contributed by atoms with Crippen molar-refractivity contribution in [2.45, 2.75) is 52.5 Å². The molecule has 1 aliphatic rings. The molecule has 5 heteroatoms. The summed E-state index contributed by atoms with van der Waals surface area (Å²) >= 11 is 0. The summed E-state index contributed by atoms with van der Waals surface area (Å²) in [6.07, 6.45) is 4.38. The van der Waals surface area contributed by atoms with Gasteiger partial charge in [0.2, 0.25) is 0 Å². The summed E-state index contributed by atoms with van der Waals surface area (Å²) in [5.41, 5.74) is 2.04. The first kappa shape index (κ1) is 16.2. The van der Waals surface area contributed by atoms with E-state index in [1.807, 2.05) is 10.7 Å². The molecule has 1 N–H and O–H groups in total. The van der Waals surface area contributed by atoms with Crippen molar-refractivity contribution in [3.8, 4) is 0 Å². The lowest BCUT2D eigenvalue weighted by atomic mass is 9.95. The topological polar surface area (TPSA) is 45.5 Å². The smallest absolute Gasteiger partial charge is 0.155 e. The number of nitrogens with zero attached hydrogens (tertiary/aromatic N) is 4. The second-order valence-electron chi connectivity index (χ2n) is 7.46. The molecule has 0 radical (unpaired) electrons. The van der Waals surface area contributed by atoms with E-state index in [9.17, 15) is 0 Å². The Morgan fingerprint density at radius 1 is 1.17 bits per heavy atom. The maximum atomic E-state index is 4.75. The van der Waals surface area contributed by atoms with E-state index in [1.165, 1.54) is 32.5 Å². The van der Waals surface area contributed by atoms with Gasteiger partial charge in [0, 0.05) is 18.5 Å². The van der Waals surface area contributed by atoms with Gasteiger partial charge in [-0.15, -0.1) is 0 Å². The average Bonchev–Trinajstić information content (AvgIpc) is 2.90. The van der Waals surface area contributed by atoms with Crippen molar-refractivity contribution in [3.63, 3.8) is 0 Å². The number of anilines is 1. The van der Waals surface area contributed by atoms with Crippen molar-refractivity contribution in [3.05, 3.63) is 24.2 Å². The maximum Gasteiger partial charge on any atom is 0.155 e. The van der Waals surface area contributed by atoms with Gasteiger partial charge in [0.1, 0.15) is 0 Å². The largest absolute Gasteiger partial charge is 0.382 e. The first-order valence-corrected chi connectivity index (χ1v) is 8.86. The molecule has 0 spiro atoms. The van der Waals surface area contributed by atoms with Gasteiger partial charge in [-0.1, -0.05) is 13.8 Å². The molecule has 3 heterocycles. The number of likely N-dealkylation sites (tertiary alicyclic amines) is 1. The molecule has 23 heavy (non-hydrogen) atoms. The highest BCUT2D eigenvalue weighted by molar-refractivity contribution is 5.49. The molecule has 126 valence electrons. The third-order valence-electron chi connectivity index (χ3n) is 4.38. The van der Waals surface area contributed by atoms with Gasteiger partial charge in [0.15, 0.2) is 11.5 Å². The minimum atomic E-state index is 0.417. The zero-order valence-corrected chi connectivity index (χ0v) is 14.8. The Morgan fingerprint density at radius 2 is 1.91 bits per heavy atom. The van der Waals surface area contributed by atoms with Crippen molar-refractivity contribution in [2.75, 3.05) is 25.0 Å². The molecule has 0 unspecified atom stereocenters. The van der Waals surface area contributed by atoms with E-state index < -0.39 is 0 Å². The van der Waals surface area contributed by atoms with Gasteiger partial charge < -0.3 is 10.2 Å².